The van der Waals surface area contributed by atoms with E-state index in [1.165, 1.54) is 23.5 Å². The second-order valence-electron chi connectivity index (χ2n) is 3.41. The van der Waals surface area contributed by atoms with E-state index in [1.54, 1.807) is 6.07 Å². The topological polar surface area (TPSA) is 26.0 Å². The first kappa shape index (κ1) is 13.7. The van der Waals surface area contributed by atoms with Gasteiger partial charge < -0.3 is 5.73 Å². The molecule has 0 aliphatic heterocycles. The first-order valence-electron chi connectivity index (χ1n) is 4.64. The molecule has 2 N–H and O–H groups in total. The molecule has 0 fully saturated rings. The summed E-state index contributed by atoms with van der Waals surface area (Å²) in [5.41, 5.74) is 6.88. The average Bonchev–Trinajstić information content (AvgIpc) is 2.62. The van der Waals surface area contributed by atoms with E-state index in [9.17, 15) is 4.39 Å². The van der Waals surface area contributed by atoms with E-state index in [0.717, 1.165) is 23.2 Å². The van der Waals surface area contributed by atoms with Crippen molar-refractivity contribution in [2.24, 2.45) is 5.73 Å². The fraction of sp³-hybridized carbons (Fsp3) is 0.0909. The van der Waals surface area contributed by atoms with E-state index in [1.807, 2.05) is 6.07 Å². The summed E-state index contributed by atoms with van der Waals surface area (Å²) in [6.45, 7) is 0. The third-order valence-electron chi connectivity index (χ3n) is 2.26. The van der Waals surface area contributed by atoms with Crippen molar-refractivity contribution in [3.63, 3.8) is 0 Å². The monoisotopic (exact) mass is 441 g/mol. The summed E-state index contributed by atoms with van der Waals surface area (Å²) in [4.78, 5) is 0.968. The highest BCUT2D eigenvalue weighted by molar-refractivity contribution is 9.13. The summed E-state index contributed by atoms with van der Waals surface area (Å²) in [6.07, 6.45) is 0. The van der Waals surface area contributed by atoms with Gasteiger partial charge >= 0.3 is 0 Å². The lowest BCUT2D eigenvalue weighted by molar-refractivity contribution is 0.623. The van der Waals surface area contributed by atoms with Gasteiger partial charge in [-0.15, -0.1) is 11.3 Å². The van der Waals surface area contributed by atoms with Crippen molar-refractivity contribution in [3.05, 3.63) is 53.3 Å². The lowest BCUT2D eigenvalue weighted by Crippen LogP contribution is -2.11. The number of hydrogen-bond donors (Lipinski definition) is 1. The molecule has 90 valence electrons. The first-order chi connectivity index (χ1) is 7.99. The first-order valence-corrected chi connectivity index (χ1v) is 7.84. The summed E-state index contributed by atoms with van der Waals surface area (Å²) in [5, 5.41) is 0. The Hall–Kier alpha value is 0.250. The Morgan fingerprint density at radius 3 is 2.41 bits per heavy atom. The molecular formula is C11H7Br3FNS. The molecule has 0 spiro atoms. The maximum absolute atomic E-state index is 13.2. The maximum atomic E-state index is 13.2. The largest absolute Gasteiger partial charge is 0.320 e. The highest BCUT2D eigenvalue weighted by atomic mass is 79.9. The van der Waals surface area contributed by atoms with Gasteiger partial charge in [0.15, 0.2) is 0 Å². The minimum atomic E-state index is -0.340. The van der Waals surface area contributed by atoms with Crippen LogP contribution in [0.3, 0.4) is 0 Å². The summed E-state index contributed by atoms with van der Waals surface area (Å²) in [6, 6.07) is 6.13. The highest BCUT2D eigenvalue weighted by Crippen LogP contribution is 2.38. The lowest BCUT2D eigenvalue weighted by atomic mass is 10.1. The Kier molecular flexibility index (Phi) is 4.41. The molecule has 0 saturated carbocycles. The molecule has 1 aromatic carbocycles. The SMILES string of the molecule is NC(c1cc(Br)c(Br)s1)c1cc(F)ccc1Br. The summed E-state index contributed by atoms with van der Waals surface area (Å²) >= 11 is 11.8. The Bertz CT molecular complexity index is 536. The van der Waals surface area contributed by atoms with Gasteiger partial charge in [0.1, 0.15) is 5.82 Å². The molecule has 1 heterocycles. The van der Waals surface area contributed by atoms with Crippen molar-refractivity contribution < 1.29 is 4.39 Å². The number of thiophene rings is 1. The van der Waals surface area contributed by atoms with Gasteiger partial charge in [-0.1, -0.05) is 15.9 Å². The van der Waals surface area contributed by atoms with Crippen LogP contribution in [-0.2, 0) is 0 Å². The number of rotatable bonds is 2. The molecule has 0 radical (unpaired) electrons. The van der Waals surface area contributed by atoms with Crippen molar-refractivity contribution in [1.82, 2.24) is 0 Å². The molecule has 2 aromatic rings. The van der Waals surface area contributed by atoms with E-state index in [-0.39, 0.29) is 11.9 Å². The van der Waals surface area contributed by atoms with Crippen LogP contribution in [0.2, 0.25) is 0 Å². The van der Waals surface area contributed by atoms with Crippen LogP contribution in [0.5, 0.6) is 0 Å². The molecule has 0 aliphatic rings. The third kappa shape index (κ3) is 2.98. The molecule has 1 unspecified atom stereocenters. The smallest absolute Gasteiger partial charge is 0.123 e. The zero-order chi connectivity index (χ0) is 12.6. The Morgan fingerprint density at radius 1 is 1.12 bits per heavy atom. The molecule has 1 nitrogen and oxygen atoms in total. The quantitative estimate of drug-likeness (QED) is 0.676. The zero-order valence-corrected chi connectivity index (χ0v) is 14.0. The van der Waals surface area contributed by atoms with Crippen molar-refractivity contribution in [2.45, 2.75) is 6.04 Å². The minimum absolute atomic E-state index is 0.284. The predicted octanol–water partition coefficient (Wildman–Crippen LogP) is 5.22. The van der Waals surface area contributed by atoms with Gasteiger partial charge in [-0.3, -0.25) is 0 Å². The second-order valence-corrected chi connectivity index (χ2v) is 7.52. The average molecular weight is 444 g/mol. The third-order valence-corrected chi connectivity index (χ3v) is 6.33. The van der Waals surface area contributed by atoms with Crippen molar-refractivity contribution >= 4 is 59.1 Å². The van der Waals surface area contributed by atoms with Gasteiger partial charge in [-0.05, 0) is 61.7 Å². The number of halogens is 4. The Morgan fingerprint density at radius 2 is 1.82 bits per heavy atom. The Balaban J connectivity index is 2.42. The van der Waals surface area contributed by atoms with E-state index < -0.39 is 0 Å². The predicted molar refractivity (Wildman–Crippen MR) is 79.8 cm³/mol. The molecule has 0 bridgehead atoms. The standard InChI is InChI=1S/C11H7Br3FNS/c12-7-2-1-5(15)3-6(7)10(16)9-4-8(13)11(14)17-9/h1-4,10H,16H2. The zero-order valence-electron chi connectivity index (χ0n) is 8.38. The molecule has 17 heavy (non-hydrogen) atoms. The number of nitrogens with two attached hydrogens (primary N) is 1. The van der Waals surface area contributed by atoms with Gasteiger partial charge in [-0.25, -0.2) is 4.39 Å². The lowest BCUT2D eigenvalue weighted by Gasteiger charge is -2.12. The molecule has 1 atom stereocenters. The van der Waals surface area contributed by atoms with Crippen molar-refractivity contribution in [1.29, 1.82) is 0 Å². The van der Waals surface area contributed by atoms with Gasteiger partial charge in [0.25, 0.3) is 0 Å². The molecular weight excluding hydrogens is 437 g/mol. The van der Waals surface area contributed by atoms with Gasteiger partial charge in [-0.2, -0.15) is 0 Å². The van der Waals surface area contributed by atoms with Crippen LogP contribution in [0.4, 0.5) is 4.39 Å². The summed E-state index contributed by atoms with van der Waals surface area (Å²) in [7, 11) is 0. The summed E-state index contributed by atoms with van der Waals surface area (Å²) < 4.78 is 16.0. The van der Waals surface area contributed by atoms with Gasteiger partial charge in [0, 0.05) is 13.8 Å². The van der Waals surface area contributed by atoms with Crippen LogP contribution in [0.1, 0.15) is 16.5 Å². The molecule has 0 aliphatic carbocycles. The van der Waals surface area contributed by atoms with E-state index in [0.29, 0.717) is 0 Å². The van der Waals surface area contributed by atoms with Crippen LogP contribution in [-0.4, -0.2) is 0 Å². The fourth-order valence-electron chi connectivity index (χ4n) is 1.42. The van der Waals surface area contributed by atoms with E-state index in [2.05, 4.69) is 47.8 Å². The number of benzene rings is 1. The van der Waals surface area contributed by atoms with Crippen molar-refractivity contribution in [2.75, 3.05) is 0 Å². The maximum Gasteiger partial charge on any atom is 0.123 e. The van der Waals surface area contributed by atoms with Crippen LogP contribution < -0.4 is 5.73 Å². The van der Waals surface area contributed by atoms with Crippen LogP contribution >= 0.6 is 59.1 Å². The van der Waals surface area contributed by atoms with Crippen molar-refractivity contribution in [3.8, 4) is 0 Å². The van der Waals surface area contributed by atoms with Crippen LogP contribution in [0, 0.1) is 5.82 Å². The fourth-order valence-corrected chi connectivity index (χ4v) is 4.03. The Labute approximate surface area is 128 Å². The van der Waals surface area contributed by atoms with Gasteiger partial charge in [0.05, 0.1) is 9.83 Å². The normalized spacial score (nSPS) is 12.8. The van der Waals surface area contributed by atoms with Gasteiger partial charge in [0.2, 0.25) is 0 Å². The second kappa shape index (κ2) is 5.48. The molecule has 2 rings (SSSR count). The van der Waals surface area contributed by atoms with E-state index >= 15 is 0 Å². The molecule has 1 aromatic heterocycles. The molecule has 0 saturated heterocycles. The number of hydrogen-bond acceptors (Lipinski definition) is 2. The summed E-state index contributed by atoms with van der Waals surface area (Å²) in [5.74, 6) is -0.284. The molecule has 6 heteroatoms. The van der Waals surface area contributed by atoms with Crippen LogP contribution in [0.25, 0.3) is 0 Å². The van der Waals surface area contributed by atoms with E-state index in [4.69, 9.17) is 5.73 Å². The highest BCUT2D eigenvalue weighted by Gasteiger charge is 2.16. The van der Waals surface area contributed by atoms with Crippen LogP contribution in [0.15, 0.2) is 37.0 Å². The minimum Gasteiger partial charge on any atom is -0.320 e. The molecule has 0 amide bonds.